The highest BCUT2D eigenvalue weighted by molar-refractivity contribution is 9.11. The highest BCUT2D eigenvalue weighted by atomic mass is 79.9. The molecule has 0 saturated heterocycles. The molecule has 1 unspecified atom stereocenters. The highest BCUT2D eigenvalue weighted by Gasteiger charge is 2.26. The van der Waals surface area contributed by atoms with Gasteiger partial charge in [0.25, 0.3) is 0 Å². The Morgan fingerprint density at radius 1 is 1.67 bits per heavy atom. The molecule has 3 nitrogen and oxygen atoms in total. The fourth-order valence-electron chi connectivity index (χ4n) is 2.20. The largest absolute Gasteiger partial charge is 0.390 e. The van der Waals surface area contributed by atoms with Crippen LogP contribution in [0.5, 0.6) is 0 Å². The number of hydrogen-bond donors (Lipinski definition) is 2. The minimum absolute atomic E-state index is 0.0228. The molecule has 96 valence electrons. The molecule has 0 aromatic carbocycles. The van der Waals surface area contributed by atoms with E-state index in [9.17, 15) is 0 Å². The van der Waals surface area contributed by atoms with E-state index in [-0.39, 0.29) is 6.61 Å². The normalized spacial score (nSPS) is 18.7. The molecule has 18 heavy (non-hydrogen) atoms. The Morgan fingerprint density at radius 3 is 3.11 bits per heavy atom. The van der Waals surface area contributed by atoms with Crippen molar-refractivity contribution in [2.75, 3.05) is 5.32 Å². The van der Waals surface area contributed by atoms with Gasteiger partial charge in [0.1, 0.15) is 0 Å². The van der Waals surface area contributed by atoms with Gasteiger partial charge in [-0.05, 0) is 35.9 Å². The number of nitrogens with one attached hydrogen (secondary N) is 1. The summed E-state index contributed by atoms with van der Waals surface area (Å²) in [6.45, 7) is 6.07. The first-order valence-electron chi connectivity index (χ1n) is 6.02. The molecule has 1 aliphatic rings. The molecule has 0 saturated carbocycles. The second-order valence-corrected chi connectivity index (χ2v) is 5.42. The molecule has 4 heteroatoms. The van der Waals surface area contributed by atoms with Gasteiger partial charge in [0.15, 0.2) is 0 Å². The van der Waals surface area contributed by atoms with Gasteiger partial charge < -0.3 is 10.4 Å². The third kappa shape index (κ3) is 2.65. The Morgan fingerprint density at radius 2 is 2.44 bits per heavy atom. The van der Waals surface area contributed by atoms with Crippen LogP contribution >= 0.6 is 15.9 Å². The van der Waals surface area contributed by atoms with Crippen LogP contribution in [0.3, 0.4) is 0 Å². The van der Waals surface area contributed by atoms with E-state index in [1.165, 1.54) is 10.0 Å². The van der Waals surface area contributed by atoms with Gasteiger partial charge in [-0.15, -0.1) is 0 Å². The minimum atomic E-state index is -0.0228. The zero-order valence-electron chi connectivity index (χ0n) is 10.4. The van der Waals surface area contributed by atoms with Crippen LogP contribution < -0.4 is 5.32 Å². The summed E-state index contributed by atoms with van der Waals surface area (Å²) in [7, 11) is 0. The lowest BCUT2D eigenvalue weighted by atomic mass is 9.94. The van der Waals surface area contributed by atoms with Crippen LogP contribution in [-0.2, 0) is 6.61 Å². The van der Waals surface area contributed by atoms with Crippen molar-refractivity contribution in [2.45, 2.75) is 32.3 Å². The van der Waals surface area contributed by atoms with Crippen molar-refractivity contribution in [1.29, 1.82) is 0 Å². The molecule has 0 fully saturated rings. The van der Waals surface area contributed by atoms with Crippen molar-refractivity contribution in [3.8, 4) is 0 Å². The highest BCUT2D eigenvalue weighted by Crippen LogP contribution is 2.41. The van der Waals surface area contributed by atoms with Gasteiger partial charge in [0.05, 0.1) is 24.2 Å². The molecule has 1 atom stereocenters. The van der Waals surface area contributed by atoms with Gasteiger partial charge in [0.2, 0.25) is 0 Å². The van der Waals surface area contributed by atoms with Gasteiger partial charge in [0, 0.05) is 11.6 Å². The molecule has 1 aromatic heterocycles. The van der Waals surface area contributed by atoms with Crippen LogP contribution in [0.15, 0.2) is 35.1 Å². The van der Waals surface area contributed by atoms with Gasteiger partial charge in [-0.1, -0.05) is 28.6 Å². The van der Waals surface area contributed by atoms with Crippen molar-refractivity contribution < 1.29 is 5.11 Å². The Hall–Kier alpha value is -1.13. The fraction of sp³-hybridized carbons (Fsp3) is 0.357. The van der Waals surface area contributed by atoms with E-state index in [0.29, 0.717) is 11.6 Å². The van der Waals surface area contributed by atoms with E-state index in [4.69, 9.17) is 5.11 Å². The van der Waals surface area contributed by atoms with Crippen LogP contribution in [0.4, 0.5) is 5.69 Å². The second kappa shape index (κ2) is 5.67. The van der Waals surface area contributed by atoms with E-state index in [0.717, 1.165) is 24.2 Å². The maximum Gasteiger partial charge on any atom is 0.0853 e. The summed E-state index contributed by atoms with van der Waals surface area (Å²) in [6, 6.07) is 1.97. The first-order chi connectivity index (χ1) is 8.65. The smallest absolute Gasteiger partial charge is 0.0853 e. The molecular weight excluding hydrogens is 292 g/mol. The number of anilines is 1. The summed E-state index contributed by atoms with van der Waals surface area (Å²) < 4.78 is 1.21. The lowest BCUT2D eigenvalue weighted by Crippen LogP contribution is -1.99. The topological polar surface area (TPSA) is 45.2 Å². The fourth-order valence-corrected chi connectivity index (χ4v) is 2.43. The van der Waals surface area contributed by atoms with Gasteiger partial charge in [-0.3, -0.25) is 4.98 Å². The molecule has 2 N–H and O–H groups in total. The maximum atomic E-state index is 9.16. The molecule has 2 rings (SSSR count). The summed E-state index contributed by atoms with van der Waals surface area (Å²) in [5, 5.41) is 12.4. The van der Waals surface area contributed by atoms with Crippen LogP contribution in [0.25, 0.3) is 0 Å². The van der Waals surface area contributed by atoms with E-state index in [2.05, 4.69) is 38.9 Å². The standard InChI is InChI=1S/C14H17BrN2O/c1-3-10(15)4-5-12-9(2)17-14-7-16-11(8-18)6-13(12)14/h3,6-7,12,17-18H,2,4-5,8H2,1H3/b10-3+. The SMILES string of the molecule is C=C1Nc2cnc(CO)cc2C1CC/C(Br)=C\C. The zero-order valence-corrected chi connectivity index (χ0v) is 12.0. The summed E-state index contributed by atoms with van der Waals surface area (Å²) >= 11 is 3.53. The Kier molecular flexibility index (Phi) is 4.19. The average Bonchev–Trinajstić information content (AvgIpc) is 2.70. The maximum absolute atomic E-state index is 9.16. The number of aliphatic hydroxyl groups is 1. The number of hydrogen-bond acceptors (Lipinski definition) is 3. The van der Waals surface area contributed by atoms with Crippen molar-refractivity contribution in [1.82, 2.24) is 4.98 Å². The van der Waals surface area contributed by atoms with Crippen molar-refractivity contribution >= 4 is 21.6 Å². The predicted molar refractivity (Wildman–Crippen MR) is 77.6 cm³/mol. The van der Waals surface area contributed by atoms with Crippen LogP contribution in [0.2, 0.25) is 0 Å². The number of pyridine rings is 1. The number of rotatable bonds is 4. The van der Waals surface area contributed by atoms with Crippen LogP contribution in [-0.4, -0.2) is 10.1 Å². The van der Waals surface area contributed by atoms with Crippen LogP contribution in [0, 0.1) is 0 Å². The van der Waals surface area contributed by atoms with E-state index in [1.807, 2.05) is 13.0 Å². The molecule has 0 aliphatic carbocycles. The average molecular weight is 309 g/mol. The summed E-state index contributed by atoms with van der Waals surface area (Å²) in [5.74, 6) is 0.292. The molecular formula is C14H17BrN2O. The van der Waals surface area contributed by atoms with E-state index < -0.39 is 0 Å². The zero-order chi connectivity index (χ0) is 13.1. The number of aliphatic hydroxyl groups excluding tert-OH is 1. The molecule has 1 aromatic rings. The first kappa shape index (κ1) is 13.3. The van der Waals surface area contributed by atoms with Crippen molar-refractivity contribution in [3.63, 3.8) is 0 Å². The van der Waals surface area contributed by atoms with Crippen molar-refractivity contribution in [2.24, 2.45) is 0 Å². The summed E-state index contributed by atoms with van der Waals surface area (Å²) in [6.07, 6.45) is 5.82. The quantitative estimate of drug-likeness (QED) is 0.892. The molecule has 1 aliphatic heterocycles. The predicted octanol–water partition coefficient (Wildman–Crippen LogP) is 3.68. The van der Waals surface area contributed by atoms with E-state index in [1.54, 1.807) is 6.20 Å². The Bertz CT molecular complexity index is 497. The van der Waals surface area contributed by atoms with Gasteiger partial charge >= 0.3 is 0 Å². The number of aromatic nitrogens is 1. The van der Waals surface area contributed by atoms with Gasteiger partial charge in [-0.25, -0.2) is 0 Å². The first-order valence-corrected chi connectivity index (χ1v) is 6.81. The summed E-state index contributed by atoms with van der Waals surface area (Å²) in [4.78, 5) is 4.17. The monoisotopic (exact) mass is 308 g/mol. The summed E-state index contributed by atoms with van der Waals surface area (Å²) in [5.41, 5.74) is 3.92. The molecule has 0 spiro atoms. The van der Waals surface area contributed by atoms with Crippen LogP contribution in [0.1, 0.15) is 36.9 Å². The second-order valence-electron chi connectivity index (χ2n) is 4.40. The van der Waals surface area contributed by atoms with E-state index >= 15 is 0 Å². The lowest BCUT2D eigenvalue weighted by molar-refractivity contribution is 0.277. The Balaban J connectivity index is 2.20. The van der Waals surface area contributed by atoms with Crippen molar-refractivity contribution in [3.05, 3.63) is 46.4 Å². The van der Waals surface area contributed by atoms with Gasteiger partial charge in [-0.2, -0.15) is 0 Å². The molecule has 0 radical (unpaired) electrons. The number of fused-ring (bicyclic) bond motifs is 1. The molecule has 0 bridgehead atoms. The minimum Gasteiger partial charge on any atom is -0.390 e. The third-order valence-corrected chi connectivity index (χ3v) is 4.09. The third-order valence-electron chi connectivity index (χ3n) is 3.23. The number of nitrogens with zero attached hydrogens (tertiary/aromatic N) is 1. The number of allylic oxidation sites excluding steroid dienone is 3. The molecule has 2 heterocycles. The Labute approximate surface area is 116 Å². The molecule has 0 amide bonds. The lowest BCUT2D eigenvalue weighted by Gasteiger charge is -2.11. The number of halogens is 1.